The van der Waals surface area contributed by atoms with Crippen LogP contribution in [-0.4, -0.2) is 30.1 Å². The van der Waals surface area contributed by atoms with E-state index in [1.165, 1.54) is 0 Å². The van der Waals surface area contributed by atoms with Crippen molar-refractivity contribution >= 4 is 5.78 Å². The number of allylic oxidation sites excluding steroid dienone is 2. The van der Waals surface area contributed by atoms with Crippen molar-refractivity contribution in [2.75, 3.05) is 13.7 Å². The molecule has 0 amide bonds. The first-order valence-corrected chi connectivity index (χ1v) is 7.03. The zero-order valence-electron chi connectivity index (χ0n) is 12.5. The van der Waals surface area contributed by atoms with E-state index in [0.29, 0.717) is 12.1 Å². The first-order valence-electron chi connectivity index (χ1n) is 7.03. The number of nitrogens with one attached hydrogen (secondary N) is 1. The van der Waals surface area contributed by atoms with E-state index in [4.69, 9.17) is 4.84 Å². The summed E-state index contributed by atoms with van der Waals surface area (Å²) < 4.78 is 0. The minimum atomic E-state index is -1.27. The maximum absolute atomic E-state index is 12.7. The van der Waals surface area contributed by atoms with Crippen molar-refractivity contribution in [1.29, 1.82) is 0 Å². The molecule has 108 valence electrons. The van der Waals surface area contributed by atoms with E-state index in [9.17, 15) is 9.90 Å². The standard InChI is InChI=1S/C16H21NO3/c1-9-7-11-13(12(9)8-17-20-4)10(2)16(5-6-16)15(3,19)14(11)18/h7,17,19H,5-6,8H2,1-4H3/t15-/m0/s1. The molecule has 0 heterocycles. The quantitative estimate of drug-likeness (QED) is 0.771. The highest BCUT2D eigenvalue weighted by molar-refractivity contribution is 6.10. The molecule has 20 heavy (non-hydrogen) atoms. The van der Waals surface area contributed by atoms with Crippen molar-refractivity contribution in [1.82, 2.24) is 5.48 Å². The molecule has 0 aliphatic heterocycles. The molecular formula is C16H21NO3. The molecule has 1 spiro atoms. The van der Waals surface area contributed by atoms with Crippen LogP contribution in [0.15, 0.2) is 33.9 Å². The summed E-state index contributed by atoms with van der Waals surface area (Å²) in [6.45, 7) is 6.30. The minimum absolute atomic E-state index is 0.137. The Morgan fingerprint density at radius 2 is 2.05 bits per heavy atom. The largest absolute Gasteiger partial charge is 0.381 e. The van der Waals surface area contributed by atoms with Gasteiger partial charge in [0.2, 0.25) is 0 Å². The number of hydrogen-bond donors (Lipinski definition) is 2. The smallest absolute Gasteiger partial charge is 0.195 e. The molecule has 3 aliphatic carbocycles. The van der Waals surface area contributed by atoms with Crippen molar-refractivity contribution in [3.63, 3.8) is 0 Å². The number of fused-ring (bicyclic) bond motifs is 1. The van der Waals surface area contributed by atoms with Crippen LogP contribution in [0.3, 0.4) is 0 Å². The van der Waals surface area contributed by atoms with Crippen LogP contribution in [0.5, 0.6) is 0 Å². The van der Waals surface area contributed by atoms with Gasteiger partial charge in [-0.1, -0.05) is 5.57 Å². The van der Waals surface area contributed by atoms with Crippen molar-refractivity contribution in [2.24, 2.45) is 5.41 Å². The maximum atomic E-state index is 12.7. The Kier molecular flexibility index (Phi) is 2.84. The number of carbonyl (C=O) groups excluding carboxylic acids is 1. The fraction of sp³-hybridized carbons (Fsp3) is 0.562. The normalized spacial score (nSPS) is 31.1. The predicted octanol–water partition coefficient (Wildman–Crippen LogP) is 1.82. The van der Waals surface area contributed by atoms with Gasteiger partial charge in [0, 0.05) is 17.5 Å². The third kappa shape index (κ3) is 1.50. The van der Waals surface area contributed by atoms with Gasteiger partial charge in [-0.2, -0.15) is 5.48 Å². The fourth-order valence-electron chi connectivity index (χ4n) is 3.79. The molecule has 3 rings (SSSR count). The lowest BCUT2D eigenvalue weighted by atomic mass is 9.67. The van der Waals surface area contributed by atoms with Gasteiger partial charge in [-0.15, -0.1) is 0 Å². The number of ketones is 1. The van der Waals surface area contributed by atoms with Gasteiger partial charge < -0.3 is 9.94 Å². The van der Waals surface area contributed by atoms with E-state index >= 15 is 0 Å². The van der Waals surface area contributed by atoms with Gasteiger partial charge in [-0.25, -0.2) is 0 Å². The van der Waals surface area contributed by atoms with Gasteiger partial charge >= 0.3 is 0 Å². The fourth-order valence-corrected chi connectivity index (χ4v) is 3.79. The van der Waals surface area contributed by atoms with Gasteiger partial charge in [-0.3, -0.25) is 4.79 Å². The molecule has 2 N–H and O–H groups in total. The molecule has 0 aromatic carbocycles. The second kappa shape index (κ2) is 4.13. The molecule has 0 bridgehead atoms. The van der Waals surface area contributed by atoms with Crippen LogP contribution >= 0.6 is 0 Å². The molecule has 4 nitrogen and oxygen atoms in total. The Balaban J connectivity index is 2.13. The number of carbonyl (C=O) groups is 1. The molecule has 0 unspecified atom stereocenters. The maximum Gasteiger partial charge on any atom is 0.195 e. The van der Waals surface area contributed by atoms with Crippen LogP contribution in [0.4, 0.5) is 0 Å². The molecule has 1 atom stereocenters. The van der Waals surface area contributed by atoms with Gasteiger partial charge in [-0.05, 0) is 56.4 Å². The zero-order valence-corrected chi connectivity index (χ0v) is 12.5. The third-order valence-corrected chi connectivity index (χ3v) is 5.26. The molecule has 0 saturated heterocycles. The van der Waals surface area contributed by atoms with Gasteiger partial charge in [0.05, 0.1) is 7.11 Å². The number of rotatable bonds is 3. The van der Waals surface area contributed by atoms with Crippen molar-refractivity contribution in [2.45, 2.75) is 39.2 Å². The summed E-state index contributed by atoms with van der Waals surface area (Å²) in [4.78, 5) is 17.6. The van der Waals surface area contributed by atoms with E-state index in [2.05, 4.69) is 12.4 Å². The molecule has 0 radical (unpaired) electrons. The van der Waals surface area contributed by atoms with Crippen LogP contribution < -0.4 is 5.48 Å². The highest BCUT2D eigenvalue weighted by Crippen LogP contribution is 2.64. The number of hydroxylamine groups is 1. The molecule has 1 saturated carbocycles. The van der Waals surface area contributed by atoms with Crippen LogP contribution in [0, 0.1) is 5.41 Å². The van der Waals surface area contributed by atoms with Crippen molar-refractivity contribution < 1.29 is 14.7 Å². The molecule has 0 aromatic heterocycles. The second-order valence-electron chi connectivity index (χ2n) is 6.23. The zero-order chi connectivity index (χ0) is 14.7. The van der Waals surface area contributed by atoms with Crippen LogP contribution in [0.25, 0.3) is 0 Å². The molecule has 0 aromatic rings. The Bertz CT molecular complexity index is 589. The van der Waals surface area contributed by atoms with Gasteiger partial charge in [0.25, 0.3) is 0 Å². The highest BCUT2D eigenvalue weighted by atomic mass is 16.6. The summed E-state index contributed by atoms with van der Waals surface area (Å²) in [6.07, 6.45) is 3.67. The van der Waals surface area contributed by atoms with Gasteiger partial charge in [0.1, 0.15) is 5.60 Å². The lowest BCUT2D eigenvalue weighted by Gasteiger charge is -2.39. The van der Waals surface area contributed by atoms with Crippen LogP contribution in [0.2, 0.25) is 0 Å². The first-order chi connectivity index (χ1) is 9.37. The molecular weight excluding hydrogens is 254 g/mol. The average Bonchev–Trinajstić information content (AvgIpc) is 3.14. The Labute approximate surface area is 119 Å². The number of aliphatic hydroxyl groups is 1. The lowest BCUT2D eigenvalue weighted by molar-refractivity contribution is -0.137. The molecule has 1 fully saturated rings. The second-order valence-corrected chi connectivity index (χ2v) is 6.23. The van der Waals surface area contributed by atoms with Crippen LogP contribution in [-0.2, 0) is 9.63 Å². The number of hydrogen-bond acceptors (Lipinski definition) is 4. The Morgan fingerprint density at radius 3 is 2.60 bits per heavy atom. The van der Waals surface area contributed by atoms with E-state index in [-0.39, 0.29) is 11.2 Å². The van der Waals surface area contributed by atoms with E-state index in [1.807, 2.05) is 13.0 Å². The topological polar surface area (TPSA) is 58.6 Å². The summed E-state index contributed by atoms with van der Waals surface area (Å²) in [6, 6.07) is 0. The van der Waals surface area contributed by atoms with E-state index in [1.54, 1.807) is 14.0 Å². The Morgan fingerprint density at radius 1 is 1.40 bits per heavy atom. The molecule has 3 aliphatic rings. The number of Topliss-reactive ketones (excluding diaryl/α,β-unsaturated/α-hetero) is 1. The molecule has 4 heteroatoms. The highest BCUT2D eigenvalue weighted by Gasteiger charge is 2.64. The summed E-state index contributed by atoms with van der Waals surface area (Å²) in [5, 5.41) is 10.7. The minimum Gasteiger partial charge on any atom is -0.381 e. The van der Waals surface area contributed by atoms with E-state index < -0.39 is 5.60 Å². The Hall–Kier alpha value is -1.23. The summed E-state index contributed by atoms with van der Waals surface area (Å²) in [5.74, 6) is -0.137. The van der Waals surface area contributed by atoms with Crippen LogP contribution in [0.1, 0.15) is 33.6 Å². The van der Waals surface area contributed by atoms with Crippen molar-refractivity contribution in [3.8, 4) is 0 Å². The van der Waals surface area contributed by atoms with Gasteiger partial charge in [0.15, 0.2) is 5.78 Å². The monoisotopic (exact) mass is 275 g/mol. The third-order valence-electron chi connectivity index (χ3n) is 5.26. The summed E-state index contributed by atoms with van der Waals surface area (Å²) >= 11 is 0. The SMILES string of the molecule is CONCC1=C(C)C=C2C(=O)[C@](C)(O)C3(CC3)C(C)=C21. The van der Waals surface area contributed by atoms with Crippen molar-refractivity contribution in [3.05, 3.63) is 33.9 Å². The lowest BCUT2D eigenvalue weighted by Crippen LogP contribution is -2.49. The summed E-state index contributed by atoms with van der Waals surface area (Å²) in [5.41, 5.74) is 6.26. The first kappa shape index (κ1) is 13.7. The van der Waals surface area contributed by atoms with E-state index in [0.717, 1.165) is 35.1 Å². The summed E-state index contributed by atoms with van der Waals surface area (Å²) in [7, 11) is 1.58. The predicted molar refractivity (Wildman–Crippen MR) is 75.8 cm³/mol. The average molecular weight is 275 g/mol.